The molecule has 128 valence electrons. The second kappa shape index (κ2) is 8.78. The van der Waals surface area contributed by atoms with Crippen molar-refractivity contribution in [2.75, 3.05) is 59.5 Å². The molecule has 0 unspecified atom stereocenters. The van der Waals surface area contributed by atoms with Crippen LogP contribution in [0, 0.1) is 0 Å². The van der Waals surface area contributed by atoms with Crippen LogP contribution in [0.5, 0.6) is 0 Å². The van der Waals surface area contributed by atoms with Crippen molar-refractivity contribution in [3.63, 3.8) is 0 Å². The van der Waals surface area contributed by atoms with Gasteiger partial charge in [0, 0.05) is 66.0 Å². The van der Waals surface area contributed by atoms with E-state index in [1.54, 1.807) is 0 Å². The maximum atomic E-state index is 5.45. The number of piperazine rings is 1. The van der Waals surface area contributed by atoms with E-state index in [-0.39, 0.29) is 0 Å². The van der Waals surface area contributed by atoms with Crippen LogP contribution in [0.1, 0.15) is 18.4 Å². The molecule has 3 rings (SSSR count). The van der Waals surface area contributed by atoms with E-state index in [0.29, 0.717) is 6.10 Å². The highest BCUT2D eigenvalue weighted by molar-refractivity contribution is 5.14. The van der Waals surface area contributed by atoms with Crippen molar-refractivity contribution in [3.05, 3.63) is 35.9 Å². The molecule has 0 atom stereocenters. The van der Waals surface area contributed by atoms with E-state index in [1.165, 1.54) is 70.8 Å². The van der Waals surface area contributed by atoms with E-state index < -0.39 is 0 Å². The lowest BCUT2D eigenvalue weighted by atomic mass is 10.1. The Kier molecular flexibility index (Phi) is 6.46. The molecule has 1 aromatic carbocycles. The number of likely N-dealkylation sites (tertiary alicyclic amines) is 1. The molecule has 0 amide bonds. The van der Waals surface area contributed by atoms with E-state index in [0.717, 1.165) is 6.54 Å². The van der Waals surface area contributed by atoms with Crippen LogP contribution in [0.3, 0.4) is 0 Å². The van der Waals surface area contributed by atoms with Crippen molar-refractivity contribution >= 4 is 0 Å². The molecular weight excluding hydrogens is 286 g/mol. The van der Waals surface area contributed by atoms with Gasteiger partial charge in [0.15, 0.2) is 0 Å². The summed E-state index contributed by atoms with van der Waals surface area (Å²) in [6.07, 6.45) is 2.88. The molecule has 1 aromatic rings. The third-order valence-corrected chi connectivity index (χ3v) is 5.31. The number of nitrogens with zero attached hydrogens (tertiary/aromatic N) is 3. The normalized spacial score (nSPS) is 22.5. The first-order chi connectivity index (χ1) is 11.3. The molecule has 2 heterocycles. The minimum atomic E-state index is 0.493. The molecule has 23 heavy (non-hydrogen) atoms. The van der Waals surface area contributed by atoms with E-state index in [1.807, 2.05) is 7.11 Å². The van der Waals surface area contributed by atoms with Crippen LogP contribution >= 0.6 is 0 Å². The number of hydrogen-bond acceptors (Lipinski definition) is 4. The van der Waals surface area contributed by atoms with Gasteiger partial charge in [-0.15, -0.1) is 0 Å². The molecule has 0 spiro atoms. The molecule has 2 aliphatic rings. The van der Waals surface area contributed by atoms with Crippen LogP contribution in [0.4, 0.5) is 0 Å². The van der Waals surface area contributed by atoms with Crippen LogP contribution in [-0.4, -0.2) is 80.3 Å². The fraction of sp³-hybridized carbons (Fsp3) is 0.684. The summed E-state index contributed by atoms with van der Waals surface area (Å²) < 4.78 is 5.45. The molecular formula is C19H31N3O. The molecule has 0 aliphatic carbocycles. The SMILES string of the molecule is COC1CCN(CCN2CCN(Cc3ccccc3)CC2)CC1. The minimum Gasteiger partial charge on any atom is -0.381 e. The zero-order chi connectivity index (χ0) is 15.9. The summed E-state index contributed by atoms with van der Waals surface area (Å²) in [5.74, 6) is 0. The van der Waals surface area contributed by atoms with Gasteiger partial charge in [-0.3, -0.25) is 9.80 Å². The van der Waals surface area contributed by atoms with Crippen LogP contribution < -0.4 is 0 Å². The van der Waals surface area contributed by atoms with Crippen LogP contribution in [0.25, 0.3) is 0 Å². The molecule has 0 radical (unpaired) electrons. The molecule has 0 saturated carbocycles. The molecule has 0 bridgehead atoms. The standard InChI is InChI=1S/C19H31N3O/c1-23-19-7-9-20(10-8-19)11-12-21-13-15-22(16-14-21)17-18-5-3-2-4-6-18/h2-6,19H,7-17H2,1H3. The Bertz CT molecular complexity index is 437. The summed E-state index contributed by atoms with van der Waals surface area (Å²) in [5, 5.41) is 0. The first-order valence-corrected chi connectivity index (χ1v) is 9.07. The van der Waals surface area contributed by atoms with Crippen molar-refractivity contribution < 1.29 is 4.74 Å². The maximum absolute atomic E-state index is 5.45. The first-order valence-electron chi connectivity index (χ1n) is 9.07. The molecule has 2 fully saturated rings. The topological polar surface area (TPSA) is 19.0 Å². The van der Waals surface area contributed by atoms with Crippen molar-refractivity contribution in [3.8, 4) is 0 Å². The van der Waals surface area contributed by atoms with Crippen LogP contribution in [-0.2, 0) is 11.3 Å². The fourth-order valence-electron chi connectivity index (χ4n) is 3.66. The lowest BCUT2D eigenvalue weighted by Gasteiger charge is -2.37. The smallest absolute Gasteiger partial charge is 0.0595 e. The fourth-order valence-corrected chi connectivity index (χ4v) is 3.66. The second-order valence-electron chi connectivity index (χ2n) is 6.88. The Balaban J connectivity index is 1.32. The van der Waals surface area contributed by atoms with Crippen molar-refractivity contribution in [2.45, 2.75) is 25.5 Å². The molecule has 0 aromatic heterocycles. The predicted octanol–water partition coefficient (Wildman–Crippen LogP) is 1.91. The lowest BCUT2D eigenvalue weighted by Crippen LogP contribution is -2.48. The number of rotatable bonds is 6. The van der Waals surface area contributed by atoms with Gasteiger partial charge < -0.3 is 9.64 Å². The average Bonchev–Trinajstić information content (AvgIpc) is 2.62. The average molecular weight is 317 g/mol. The van der Waals surface area contributed by atoms with Gasteiger partial charge in [0.05, 0.1) is 6.10 Å². The monoisotopic (exact) mass is 317 g/mol. The summed E-state index contributed by atoms with van der Waals surface area (Å²) >= 11 is 0. The summed E-state index contributed by atoms with van der Waals surface area (Å²) in [6, 6.07) is 10.8. The highest BCUT2D eigenvalue weighted by Crippen LogP contribution is 2.13. The zero-order valence-electron chi connectivity index (χ0n) is 14.5. The first kappa shape index (κ1) is 16.9. The molecule has 4 heteroatoms. The van der Waals surface area contributed by atoms with E-state index in [2.05, 4.69) is 45.0 Å². The molecule has 0 N–H and O–H groups in total. The Morgan fingerprint density at radius 2 is 1.39 bits per heavy atom. The van der Waals surface area contributed by atoms with Gasteiger partial charge >= 0.3 is 0 Å². The maximum Gasteiger partial charge on any atom is 0.0595 e. The molecule has 2 aliphatic heterocycles. The van der Waals surface area contributed by atoms with Crippen molar-refractivity contribution in [1.82, 2.24) is 14.7 Å². The Morgan fingerprint density at radius 3 is 2.00 bits per heavy atom. The molecule has 2 saturated heterocycles. The zero-order valence-corrected chi connectivity index (χ0v) is 14.5. The van der Waals surface area contributed by atoms with Crippen LogP contribution in [0.15, 0.2) is 30.3 Å². The largest absolute Gasteiger partial charge is 0.381 e. The summed E-state index contributed by atoms with van der Waals surface area (Å²) in [5.41, 5.74) is 1.43. The third-order valence-electron chi connectivity index (χ3n) is 5.31. The third kappa shape index (κ3) is 5.28. The van der Waals surface area contributed by atoms with Gasteiger partial charge in [-0.25, -0.2) is 0 Å². The Hall–Kier alpha value is -0.940. The summed E-state index contributed by atoms with van der Waals surface area (Å²) in [4.78, 5) is 7.81. The Labute approximate surface area is 141 Å². The highest BCUT2D eigenvalue weighted by Gasteiger charge is 2.21. The number of benzene rings is 1. The Morgan fingerprint density at radius 1 is 0.826 bits per heavy atom. The van der Waals surface area contributed by atoms with Gasteiger partial charge in [-0.2, -0.15) is 0 Å². The van der Waals surface area contributed by atoms with Crippen molar-refractivity contribution in [1.29, 1.82) is 0 Å². The number of ether oxygens (including phenoxy) is 1. The van der Waals surface area contributed by atoms with E-state index in [4.69, 9.17) is 4.74 Å². The number of methoxy groups -OCH3 is 1. The van der Waals surface area contributed by atoms with Crippen molar-refractivity contribution in [2.24, 2.45) is 0 Å². The second-order valence-corrected chi connectivity index (χ2v) is 6.88. The number of piperidine rings is 1. The predicted molar refractivity (Wildman–Crippen MR) is 94.6 cm³/mol. The highest BCUT2D eigenvalue weighted by atomic mass is 16.5. The van der Waals surface area contributed by atoms with Gasteiger partial charge in [-0.05, 0) is 18.4 Å². The summed E-state index contributed by atoms with van der Waals surface area (Å²) in [6.45, 7) is 10.7. The summed E-state index contributed by atoms with van der Waals surface area (Å²) in [7, 11) is 1.84. The van der Waals surface area contributed by atoms with Gasteiger partial charge in [0.2, 0.25) is 0 Å². The van der Waals surface area contributed by atoms with Gasteiger partial charge in [-0.1, -0.05) is 30.3 Å². The van der Waals surface area contributed by atoms with Crippen LogP contribution in [0.2, 0.25) is 0 Å². The van der Waals surface area contributed by atoms with Gasteiger partial charge in [0.1, 0.15) is 0 Å². The van der Waals surface area contributed by atoms with Gasteiger partial charge in [0.25, 0.3) is 0 Å². The lowest BCUT2D eigenvalue weighted by molar-refractivity contribution is 0.0356. The molecule has 4 nitrogen and oxygen atoms in total. The minimum absolute atomic E-state index is 0.493. The van der Waals surface area contributed by atoms with E-state index >= 15 is 0 Å². The van der Waals surface area contributed by atoms with E-state index in [9.17, 15) is 0 Å². The number of hydrogen-bond donors (Lipinski definition) is 0. The quantitative estimate of drug-likeness (QED) is 0.798.